The molecule has 0 bridgehead atoms. The summed E-state index contributed by atoms with van der Waals surface area (Å²) in [6, 6.07) is 11.9. The zero-order valence-corrected chi connectivity index (χ0v) is 22.3. The molecule has 1 aliphatic carbocycles. The summed E-state index contributed by atoms with van der Waals surface area (Å²) in [5.41, 5.74) is 3.88. The first-order valence-corrected chi connectivity index (χ1v) is 12.9. The number of nitriles is 1. The van der Waals surface area contributed by atoms with Crippen LogP contribution in [0.5, 0.6) is 11.5 Å². The van der Waals surface area contributed by atoms with Crippen LogP contribution in [0, 0.1) is 22.7 Å². The van der Waals surface area contributed by atoms with Crippen molar-refractivity contribution in [3.8, 4) is 17.6 Å². The minimum absolute atomic E-state index is 0.265. The maximum Gasteiger partial charge on any atom is 0.175 e. The van der Waals surface area contributed by atoms with Gasteiger partial charge in [-0.15, -0.1) is 11.3 Å². The van der Waals surface area contributed by atoms with Crippen molar-refractivity contribution in [3.05, 3.63) is 68.3 Å². The van der Waals surface area contributed by atoms with E-state index in [4.69, 9.17) is 14.5 Å². The molecular weight excluding hydrogens is 510 g/mol. The van der Waals surface area contributed by atoms with Gasteiger partial charge < -0.3 is 9.47 Å². The molecule has 0 spiro atoms. The van der Waals surface area contributed by atoms with Crippen LogP contribution in [0.1, 0.15) is 54.5 Å². The number of hydrogen-bond acceptors (Lipinski definition) is 6. The van der Waals surface area contributed by atoms with E-state index >= 15 is 0 Å². The summed E-state index contributed by atoms with van der Waals surface area (Å²) < 4.78 is 12.3. The van der Waals surface area contributed by atoms with Gasteiger partial charge in [-0.2, -0.15) is 5.26 Å². The van der Waals surface area contributed by atoms with Gasteiger partial charge in [-0.3, -0.25) is 4.98 Å². The molecule has 1 aromatic carbocycles. The summed E-state index contributed by atoms with van der Waals surface area (Å²) in [4.78, 5) is 10.3. The van der Waals surface area contributed by atoms with Crippen LogP contribution in [0.25, 0.3) is 0 Å². The van der Waals surface area contributed by atoms with Crippen LogP contribution in [0.3, 0.4) is 0 Å². The molecule has 3 aromatic rings. The molecule has 7 heteroatoms. The molecule has 2 aromatic heterocycles. The Morgan fingerprint density at radius 1 is 1.32 bits per heavy atom. The number of fused-ring (bicyclic) bond motifs is 1. The fraction of sp³-hybridized carbons (Fsp3) is 0.370. The highest BCUT2D eigenvalue weighted by molar-refractivity contribution is 9.10. The molecule has 1 atom stereocenters. The standard InChI is InChI=1S/C27H28BrN3O2S/c1-27(2,3)18-8-9-20-21(14-29)26(34-24(20)13-18)31-15-17-11-22(28)25(23(12-17)32-4)33-16-19-7-5-6-10-30-19/h5-7,10-12,15,18H,8-9,13,16H2,1-4H3/t18-/m0/s1. The SMILES string of the molecule is COc1cc(C=Nc2sc3c(c2C#N)CC[C@H](C(C)(C)C)C3)cc(Br)c1OCc1ccccn1. The normalized spacial score (nSPS) is 15.7. The lowest BCUT2D eigenvalue weighted by Gasteiger charge is -2.33. The number of pyridine rings is 1. The van der Waals surface area contributed by atoms with Crippen LogP contribution in [-0.2, 0) is 19.4 Å². The quantitative estimate of drug-likeness (QED) is 0.310. The number of ether oxygens (including phenoxy) is 2. The van der Waals surface area contributed by atoms with Gasteiger partial charge in [0.2, 0.25) is 0 Å². The number of hydrogen-bond donors (Lipinski definition) is 0. The molecule has 0 amide bonds. The summed E-state index contributed by atoms with van der Waals surface area (Å²) in [6.07, 6.45) is 6.62. The van der Waals surface area contributed by atoms with Crippen LogP contribution in [-0.4, -0.2) is 18.3 Å². The highest BCUT2D eigenvalue weighted by Crippen LogP contribution is 2.45. The molecule has 4 rings (SSSR count). The van der Waals surface area contributed by atoms with E-state index in [1.807, 2.05) is 30.3 Å². The van der Waals surface area contributed by atoms with Gasteiger partial charge in [-0.05, 0) is 81.9 Å². The predicted octanol–water partition coefficient (Wildman–Crippen LogP) is 7.27. The highest BCUT2D eigenvalue weighted by Gasteiger charge is 2.32. The van der Waals surface area contributed by atoms with E-state index in [1.165, 1.54) is 10.4 Å². The molecule has 5 nitrogen and oxygen atoms in total. The molecule has 0 N–H and O–H groups in total. The summed E-state index contributed by atoms with van der Waals surface area (Å²) in [7, 11) is 1.61. The monoisotopic (exact) mass is 537 g/mol. The van der Waals surface area contributed by atoms with Crippen LogP contribution >= 0.6 is 27.3 Å². The number of rotatable bonds is 6. The second-order valence-corrected chi connectivity index (χ2v) is 11.4. The molecule has 0 fully saturated rings. The number of nitrogens with zero attached hydrogens (tertiary/aromatic N) is 3. The first-order valence-electron chi connectivity index (χ1n) is 11.3. The number of thiophene rings is 1. The van der Waals surface area contributed by atoms with Crippen molar-refractivity contribution >= 4 is 38.5 Å². The summed E-state index contributed by atoms with van der Waals surface area (Å²) in [5.74, 6) is 1.84. The van der Waals surface area contributed by atoms with Crippen molar-refractivity contribution in [2.75, 3.05) is 7.11 Å². The molecule has 34 heavy (non-hydrogen) atoms. The third-order valence-corrected chi connectivity index (χ3v) is 8.01. The molecule has 0 saturated heterocycles. The maximum absolute atomic E-state index is 9.84. The highest BCUT2D eigenvalue weighted by atomic mass is 79.9. The minimum atomic E-state index is 0.265. The molecule has 0 aliphatic heterocycles. The lowest BCUT2D eigenvalue weighted by Crippen LogP contribution is -2.26. The molecule has 0 unspecified atom stereocenters. The molecule has 1 aliphatic rings. The topological polar surface area (TPSA) is 67.5 Å². The summed E-state index contributed by atoms with van der Waals surface area (Å²) in [5, 5.41) is 10.6. The van der Waals surface area contributed by atoms with E-state index in [0.29, 0.717) is 24.0 Å². The van der Waals surface area contributed by atoms with Crippen LogP contribution in [0.15, 0.2) is 46.0 Å². The molecule has 0 radical (unpaired) electrons. The Morgan fingerprint density at radius 2 is 2.15 bits per heavy atom. The Labute approximate surface area is 213 Å². The number of benzene rings is 1. The second-order valence-electron chi connectivity index (χ2n) is 9.50. The van der Waals surface area contributed by atoms with Crippen molar-refractivity contribution in [2.24, 2.45) is 16.3 Å². The fourth-order valence-corrected chi connectivity index (χ4v) is 6.03. The van der Waals surface area contributed by atoms with E-state index < -0.39 is 0 Å². The van der Waals surface area contributed by atoms with E-state index in [2.05, 4.69) is 47.8 Å². The van der Waals surface area contributed by atoms with Gasteiger partial charge in [-0.1, -0.05) is 26.8 Å². The third-order valence-electron chi connectivity index (χ3n) is 6.26. The Morgan fingerprint density at radius 3 is 2.82 bits per heavy atom. The van der Waals surface area contributed by atoms with Gasteiger partial charge in [0.15, 0.2) is 11.5 Å². The molecule has 176 valence electrons. The molecular formula is C27H28BrN3O2S. The van der Waals surface area contributed by atoms with Crippen LogP contribution in [0.4, 0.5) is 5.00 Å². The first kappa shape index (κ1) is 24.4. The number of methoxy groups -OCH3 is 1. The Bertz CT molecular complexity index is 1240. The van der Waals surface area contributed by atoms with Crippen molar-refractivity contribution in [2.45, 2.75) is 46.6 Å². The minimum Gasteiger partial charge on any atom is -0.493 e. The first-order chi connectivity index (χ1) is 16.3. The van der Waals surface area contributed by atoms with Gasteiger partial charge in [0.1, 0.15) is 17.7 Å². The average molecular weight is 539 g/mol. The van der Waals surface area contributed by atoms with Crippen molar-refractivity contribution < 1.29 is 9.47 Å². The second kappa shape index (κ2) is 10.3. The van der Waals surface area contributed by atoms with Gasteiger partial charge in [0, 0.05) is 17.3 Å². The summed E-state index contributed by atoms with van der Waals surface area (Å²) >= 11 is 5.26. The molecule has 2 heterocycles. The zero-order valence-electron chi connectivity index (χ0n) is 19.9. The largest absolute Gasteiger partial charge is 0.493 e. The fourth-order valence-electron chi connectivity index (χ4n) is 4.23. The van der Waals surface area contributed by atoms with E-state index in [9.17, 15) is 5.26 Å². The smallest absolute Gasteiger partial charge is 0.175 e. The lowest BCUT2D eigenvalue weighted by molar-refractivity contribution is 0.218. The van der Waals surface area contributed by atoms with Crippen molar-refractivity contribution in [1.29, 1.82) is 5.26 Å². The number of aromatic nitrogens is 1. The van der Waals surface area contributed by atoms with Gasteiger partial charge in [0.25, 0.3) is 0 Å². The third kappa shape index (κ3) is 5.34. The average Bonchev–Trinajstić information content (AvgIpc) is 3.18. The Kier molecular flexibility index (Phi) is 7.39. The number of aliphatic imine (C=N–C) groups is 1. The predicted molar refractivity (Wildman–Crippen MR) is 141 cm³/mol. The van der Waals surface area contributed by atoms with E-state index in [1.54, 1.807) is 30.9 Å². The van der Waals surface area contributed by atoms with Gasteiger partial charge in [0.05, 0.1) is 22.8 Å². The summed E-state index contributed by atoms with van der Waals surface area (Å²) in [6.45, 7) is 7.24. The van der Waals surface area contributed by atoms with Gasteiger partial charge in [-0.25, -0.2) is 4.99 Å². The lowest BCUT2D eigenvalue weighted by atomic mass is 9.72. The van der Waals surface area contributed by atoms with Crippen molar-refractivity contribution in [3.63, 3.8) is 0 Å². The van der Waals surface area contributed by atoms with E-state index in [-0.39, 0.29) is 5.41 Å². The maximum atomic E-state index is 9.84. The Hall–Kier alpha value is -2.69. The van der Waals surface area contributed by atoms with E-state index in [0.717, 1.165) is 45.6 Å². The van der Waals surface area contributed by atoms with Crippen LogP contribution < -0.4 is 9.47 Å². The number of halogens is 1. The zero-order chi connectivity index (χ0) is 24.3. The van der Waals surface area contributed by atoms with Crippen LogP contribution in [0.2, 0.25) is 0 Å². The van der Waals surface area contributed by atoms with Crippen molar-refractivity contribution in [1.82, 2.24) is 4.98 Å². The molecule has 0 saturated carbocycles. The van der Waals surface area contributed by atoms with Gasteiger partial charge >= 0.3 is 0 Å². The Balaban J connectivity index is 1.57.